The molecular weight excluding hydrogens is 359 g/mol. The standard InChI is InChI=1S/C20H34O4S.Na/c1-2-3-4-5-6-7-8-9-10-11-12-13-14-18-17-19(21)15-16-20(18)25(22,23)24;/h15-17,21H,2-14H2,1H3,(H,22,23,24);/q;+1/p-1. The first-order valence-corrected chi connectivity index (χ1v) is 11.2. The largest absolute Gasteiger partial charge is 1.00 e. The van der Waals surface area contributed by atoms with Crippen molar-refractivity contribution in [1.82, 2.24) is 0 Å². The van der Waals surface area contributed by atoms with E-state index in [9.17, 15) is 18.1 Å². The second-order valence-electron chi connectivity index (χ2n) is 6.88. The molecule has 1 aromatic rings. The van der Waals surface area contributed by atoms with Crippen LogP contribution in [-0.4, -0.2) is 13.0 Å². The van der Waals surface area contributed by atoms with Crippen LogP contribution in [-0.2, 0) is 16.5 Å². The van der Waals surface area contributed by atoms with Crippen LogP contribution >= 0.6 is 0 Å². The molecule has 0 amide bonds. The van der Waals surface area contributed by atoms with Gasteiger partial charge >= 0.3 is 29.6 Å². The van der Waals surface area contributed by atoms with Gasteiger partial charge in [-0.15, -0.1) is 5.75 Å². The van der Waals surface area contributed by atoms with Crippen molar-refractivity contribution in [2.24, 2.45) is 0 Å². The van der Waals surface area contributed by atoms with E-state index < -0.39 is 10.1 Å². The SMILES string of the molecule is CCCCCCCCCCCCCCc1cc([O-])ccc1S(=O)(=O)O.[Na+]. The van der Waals surface area contributed by atoms with Crippen LogP contribution < -0.4 is 34.7 Å². The zero-order chi connectivity index (χ0) is 18.5. The molecule has 1 N–H and O–H groups in total. The van der Waals surface area contributed by atoms with Crippen LogP contribution in [0.15, 0.2) is 23.1 Å². The average molecular weight is 393 g/mol. The predicted octanol–water partition coefficient (Wildman–Crippen LogP) is 2.25. The van der Waals surface area contributed by atoms with Crippen LogP contribution in [0.4, 0.5) is 0 Å². The van der Waals surface area contributed by atoms with Gasteiger partial charge < -0.3 is 5.11 Å². The van der Waals surface area contributed by atoms with E-state index in [1.54, 1.807) is 0 Å². The topological polar surface area (TPSA) is 77.4 Å². The number of benzene rings is 1. The van der Waals surface area contributed by atoms with Gasteiger partial charge in [-0.25, -0.2) is 0 Å². The Morgan fingerprint density at radius 1 is 0.846 bits per heavy atom. The normalized spacial score (nSPS) is 11.3. The van der Waals surface area contributed by atoms with Gasteiger partial charge in [0.2, 0.25) is 0 Å². The van der Waals surface area contributed by atoms with E-state index in [1.807, 2.05) is 0 Å². The number of rotatable bonds is 14. The summed E-state index contributed by atoms with van der Waals surface area (Å²) >= 11 is 0. The van der Waals surface area contributed by atoms with E-state index in [0.29, 0.717) is 12.0 Å². The summed E-state index contributed by atoms with van der Waals surface area (Å²) in [5, 5.41) is 11.4. The first kappa shape index (κ1) is 25.9. The van der Waals surface area contributed by atoms with Crippen molar-refractivity contribution in [3.63, 3.8) is 0 Å². The molecule has 0 radical (unpaired) electrons. The predicted molar refractivity (Wildman–Crippen MR) is 100 cm³/mol. The molecule has 0 spiro atoms. The Bertz CT molecular complexity index is 587. The maximum atomic E-state index is 11.4. The average Bonchev–Trinajstić information content (AvgIpc) is 2.55. The first-order chi connectivity index (χ1) is 11.9. The van der Waals surface area contributed by atoms with Gasteiger partial charge in [0, 0.05) is 0 Å². The van der Waals surface area contributed by atoms with Gasteiger partial charge in [-0.2, -0.15) is 8.42 Å². The fourth-order valence-electron chi connectivity index (χ4n) is 3.16. The Morgan fingerprint density at radius 2 is 1.31 bits per heavy atom. The second kappa shape index (κ2) is 14.9. The maximum absolute atomic E-state index is 11.4. The van der Waals surface area contributed by atoms with E-state index in [1.165, 1.54) is 76.0 Å². The molecule has 0 heterocycles. The Morgan fingerprint density at radius 3 is 1.77 bits per heavy atom. The van der Waals surface area contributed by atoms with E-state index >= 15 is 0 Å². The molecule has 6 heteroatoms. The minimum absolute atomic E-state index is 0. The number of hydrogen-bond donors (Lipinski definition) is 1. The van der Waals surface area contributed by atoms with Crippen LogP contribution in [0.2, 0.25) is 0 Å². The van der Waals surface area contributed by atoms with Gasteiger partial charge in [0.1, 0.15) is 0 Å². The van der Waals surface area contributed by atoms with Crippen molar-refractivity contribution in [2.45, 2.75) is 95.3 Å². The summed E-state index contributed by atoms with van der Waals surface area (Å²) in [5.41, 5.74) is 0.432. The zero-order valence-corrected chi connectivity index (χ0v) is 19.3. The van der Waals surface area contributed by atoms with Gasteiger partial charge in [0.05, 0.1) is 4.90 Å². The Kier molecular flexibility index (Phi) is 14.9. The van der Waals surface area contributed by atoms with Gasteiger partial charge in [-0.05, 0) is 24.5 Å². The Hall–Kier alpha value is -0.0700. The number of hydrogen-bond acceptors (Lipinski definition) is 3. The maximum Gasteiger partial charge on any atom is 1.00 e. The second-order valence-corrected chi connectivity index (χ2v) is 8.27. The molecule has 0 aliphatic rings. The van der Waals surface area contributed by atoms with Gasteiger partial charge in [-0.1, -0.05) is 89.7 Å². The summed E-state index contributed by atoms with van der Waals surface area (Å²) in [5.74, 6) is -0.221. The molecule has 0 saturated carbocycles. The molecule has 144 valence electrons. The molecule has 0 saturated heterocycles. The van der Waals surface area contributed by atoms with Crippen LogP contribution in [0.5, 0.6) is 5.75 Å². The van der Waals surface area contributed by atoms with Gasteiger partial charge in [0.15, 0.2) is 0 Å². The molecular formula is C20H33NaO4S. The number of unbranched alkanes of at least 4 members (excludes halogenated alkanes) is 11. The fraction of sp³-hybridized carbons (Fsp3) is 0.700. The minimum Gasteiger partial charge on any atom is -0.872 e. The smallest absolute Gasteiger partial charge is 0.872 e. The molecule has 0 unspecified atom stereocenters. The zero-order valence-electron chi connectivity index (χ0n) is 16.5. The molecule has 26 heavy (non-hydrogen) atoms. The summed E-state index contributed by atoms with van der Waals surface area (Å²) in [6.45, 7) is 2.24. The summed E-state index contributed by atoms with van der Waals surface area (Å²) in [6.07, 6.45) is 15.3. The van der Waals surface area contributed by atoms with Crippen molar-refractivity contribution in [3.05, 3.63) is 23.8 Å². The molecule has 1 rings (SSSR count). The molecule has 0 fully saturated rings. The molecule has 0 aliphatic heterocycles. The third-order valence-corrected chi connectivity index (χ3v) is 5.56. The third-order valence-electron chi connectivity index (χ3n) is 4.61. The van der Waals surface area contributed by atoms with Crippen LogP contribution in [0.3, 0.4) is 0 Å². The van der Waals surface area contributed by atoms with Crippen molar-refractivity contribution < 1.29 is 47.6 Å². The molecule has 0 aromatic heterocycles. The first-order valence-electron chi connectivity index (χ1n) is 9.72. The van der Waals surface area contributed by atoms with Crippen molar-refractivity contribution in [3.8, 4) is 5.75 Å². The van der Waals surface area contributed by atoms with Gasteiger partial charge in [-0.3, -0.25) is 4.55 Å². The van der Waals surface area contributed by atoms with Crippen LogP contribution in [0.25, 0.3) is 0 Å². The van der Waals surface area contributed by atoms with E-state index in [4.69, 9.17) is 0 Å². The number of aryl methyl sites for hydroxylation is 1. The quantitative estimate of drug-likeness (QED) is 0.299. The molecule has 0 atom stereocenters. The Labute approximate surface area is 181 Å². The van der Waals surface area contributed by atoms with Crippen LogP contribution in [0, 0.1) is 0 Å². The Balaban J connectivity index is 0.00000625. The van der Waals surface area contributed by atoms with Gasteiger partial charge in [0.25, 0.3) is 10.1 Å². The monoisotopic (exact) mass is 392 g/mol. The molecule has 1 aromatic carbocycles. The molecule has 4 nitrogen and oxygen atoms in total. The molecule has 0 bridgehead atoms. The fourth-order valence-corrected chi connectivity index (χ4v) is 3.89. The summed E-state index contributed by atoms with van der Waals surface area (Å²) < 4.78 is 31.9. The molecule has 0 aliphatic carbocycles. The van der Waals surface area contributed by atoms with E-state index in [-0.39, 0.29) is 40.2 Å². The third kappa shape index (κ3) is 11.6. The van der Waals surface area contributed by atoms with E-state index in [0.717, 1.165) is 19.3 Å². The summed E-state index contributed by atoms with van der Waals surface area (Å²) in [7, 11) is -4.26. The van der Waals surface area contributed by atoms with Crippen molar-refractivity contribution >= 4 is 10.1 Å². The van der Waals surface area contributed by atoms with Crippen molar-refractivity contribution in [2.75, 3.05) is 0 Å². The minimum atomic E-state index is -4.26. The van der Waals surface area contributed by atoms with Crippen molar-refractivity contribution in [1.29, 1.82) is 0 Å². The van der Waals surface area contributed by atoms with E-state index in [2.05, 4.69) is 6.92 Å². The summed E-state index contributed by atoms with van der Waals surface area (Å²) in [4.78, 5) is -0.129. The van der Waals surface area contributed by atoms with Crippen LogP contribution in [0.1, 0.15) is 89.5 Å². The summed E-state index contributed by atoms with van der Waals surface area (Å²) in [6, 6.07) is 3.70.